The van der Waals surface area contributed by atoms with Gasteiger partial charge in [0.1, 0.15) is 0 Å². The topological polar surface area (TPSA) is 37.8 Å². The molecule has 0 amide bonds. The highest BCUT2D eigenvalue weighted by Crippen LogP contribution is 2.15. The van der Waals surface area contributed by atoms with E-state index < -0.39 is 0 Å². The lowest BCUT2D eigenvalue weighted by atomic mass is 10.2. The van der Waals surface area contributed by atoms with Crippen LogP contribution in [0, 0.1) is 4.77 Å². The second-order valence-electron chi connectivity index (χ2n) is 4.50. The van der Waals surface area contributed by atoms with Crippen LogP contribution in [0.3, 0.4) is 0 Å². The van der Waals surface area contributed by atoms with Gasteiger partial charge in [-0.05, 0) is 36.0 Å². The highest BCUT2D eigenvalue weighted by molar-refractivity contribution is 7.71. The zero-order valence-electron chi connectivity index (χ0n) is 10.5. The van der Waals surface area contributed by atoms with E-state index in [1.54, 1.807) is 22.8 Å². The van der Waals surface area contributed by atoms with E-state index in [2.05, 4.69) is 4.98 Å². The fraction of sp³-hybridized carbons (Fsp3) is 0.0667. The van der Waals surface area contributed by atoms with Crippen LogP contribution >= 0.6 is 23.8 Å². The van der Waals surface area contributed by atoms with Crippen molar-refractivity contribution in [2.45, 2.75) is 6.54 Å². The van der Waals surface area contributed by atoms with Gasteiger partial charge < -0.3 is 4.98 Å². The fourth-order valence-corrected chi connectivity index (χ4v) is 2.57. The van der Waals surface area contributed by atoms with Gasteiger partial charge in [0, 0.05) is 5.02 Å². The Morgan fingerprint density at radius 3 is 2.65 bits per heavy atom. The Balaban J connectivity index is 2.19. The van der Waals surface area contributed by atoms with Gasteiger partial charge in [0.05, 0.1) is 17.4 Å². The molecule has 1 heterocycles. The molecule has 0 bridgehead atoms. The van der Waals surface area contributed by atoms with Gasteiger partial charge in [0.2, 0.25) is 0 Å². The molecule has 3 aromatic rings. The Hall–Kier alpha value is -1.91. The van der Waals surface area contributed by atoms with Gasteiger partial charge in [-0.15, -0.1) is 0 Å². The molecule has 1 aromatic heterocycles. The molecule has 0 aliphatic rings. The number of nitrogens with one attached hydrogen (secondary N) is 1. The molecule has 0 radical (unpaired) electrons. The van der Waals surface area contributed by atoms with Gasteiger partial charge in [-0.25, -0.2) is 0 Å². The number of aromatic amines is 1. The first-order chi connectivity index (χ1) is 9.65. The minimum atomic E-state index is -0.107. The molecule has 5 heteroatoms. The van der Waals surface area contributed by atoms with Crippen LogP contribution in [0.25, 0.3) is 10.9 Å². The van der Waals surface area contributed by atoms with Gasteiger partial charge in [-0.1, -0.05) is 41.9 Å². The van der Waals surface area contributed by atoms with Crippen LogP contribution in [0.1, 0.15) is 5.56 Å². The number of aromatic nitrogens is 2. The van der Waals surface area contributed by atoms with Gasteiger partial charge in [-0.3, -0.25) is 9.36 Å². The van der Waals surface area contributed by atoms with Crippen LogP contribution in [0.4, 0.5) is 0 Å². The van der Waals surface area contributed by atoms with Crippen molar-refractivity contribution in [3.05, 3.63) is 74.2 Å². The average Bonchev–Trinajstić information content (AvgIpc) is 2.44. The lowest BCUT2D eigenvalue weighted by Gasteiger charge is -2.08. The highest BCUT2D eigenvalue weighted by atomic mass is 35.5. The lowest BCUT2D eigenvalue weighted by Crippen LogP contribution is -2.22. The van der Waals surface area contributed by atoms with E-state index in [4.69, 9.17) is 23.8 Å². The normalized spacial score (nSPS) is 10.8. The third-order valence-corrected chi connectivity index (χ3v) is 3.68. The van der Waals surface area contributed by atoms with Crippen molar-refractivity contribution in [2.24, 2.45) is 0 Å². The maximum Gasteiger partial charge on any atom is 0.262 e. The molecular weight excluding hydrogens is 292 g/mol. The molecule has 20 heavy (non-hydrogen) atoms. The molecular formula is C15H11ClN2OS. The number of benzene rings is 2. The van der Waals surface area contributed by atoms with Crippen LogP contribution in [0.2, 0.25) is 5.02 Å². The van der Waals surface area contributed by atoms with Crippen LogP contribution in [-0.4, -0.2) is 9.55 Å². The Bertz CT molecular complexity index is 884. The Morgan fingerprint density at radius 2 is 1.90 bits per heavy atom. The van der Waals surface area contributed by atoms with Gasteiger partial charge in [0.15, 0.2) is 4.77 Å². The predicted octanol–water partition coefficient (Wildman–Crippen LogP) is 3.76. The van der Waals surface area contributed by atoms with Gasteiger partial charge in [-0.2, -0.15) is 0 Å². The van der Waals surface area contributed by atoms with Crippen LogP contribution in [0.15, 0.2) is 53.3 Å². The summed E-state index contributed by atoms with van der Waals surface area (Å²) < 4.78 is 1.95. The summed E-state index contributed by atoms with van der Waals surface area (Å²) in [6, 6.07) is 14.9. The average molecular weight is 303 g/mol. The van der Waals surface area contributed by atoms with E-state index in [0.29, 0.717) is 27.2 Å². The van der Waals surface area contributed by atoms with Gasteiger partial charge in [0.25, 0.3) is 5.56 Å². The molecule has 0 saturated heterocycles. The number of rotatable bonds is 2. The maximum atomic E-state index is 12.5. The summed E-state index contributed by atoms with van der Waals surface area (Å²) in [5.74, 6) is 0. The molecule has 3 rings (SSSR count). The fourth-order valence-electron chi connectivity index (χ4n) is 2.14. The van der Waals surface area contributed by atoms with E-state index >= 15 is 0 Å². The molecule has 1 N–H and O–H groups in total. The second-order valence-corrected chi connectivity index (χ2v) is 5.32. The van der Waals surface area contributed by atoms with Crippen molar-refractivity contribution in [1.82, 2.24) is 9.55 Å². The smallest absolute Gasteiger partial charge is 0.262 e. The Morgan fingerprint density at radius 1 is 1.15 bits per heavy atom. The minimum absolute atomic E-state index is 0.107. The van der Waals surface area contributed by atoms with Crippen molar-refractivity contribution < 1.29 is 0 Å². The first-order valence-corrected chi connectivity index (χ1v) is 6.90. The number of hydrogen-bond acceptors (Lipinski definition) is 2. The third-order valence-electron chi connectivity index (χ3n) is 3.13. The van der Waals surface area contributed by atoms with E-state index in [0.717, 1.165) is 5.56 Å². The number of H-pyrrole nitrogens is 1. The van der Waals surface area contributed by atoms with Crippen molar-refractivity contribution in [3.8, 4) is 0 Å². The van der Waals surface area contributed by atoms with E-state index in [-0.39, 0.29) is 5.56 Å². The minimum Gasteiger partial charge on any atom is -0.331 e. The molecule has 2 aromatic carbocycles. The third kappa shape index (κ3) is 2.40. The Labute approximate surface area is 125 Å². The second kappa shape index (κ2) is 5.23. The maximum absolute atomic E-state index is 12.5. The molecule has 100 valence electrons. The van der Waals surface area contributed by atoms with Crippen molar-refractivity contribution >= 4 is 34.7 Å². The van der Waals surface area contributed by atoms with Crippen LogP contribution < -0.4 is 5.56 Å². The van der Waals surface area contributed by atoms with E-state index in [9.17, 15) is 4.79 Å². The van der Waals surface area contributed by atoms with Crippen molar-refractivity contribution in [1.29, 1.82) is 0 Å². The summed E-state index contributed by atoms with van der Waals surface area (Å²) in [5.41, 5.74) is 1.59. The van der Waals surface area contributed by atoms with Crippen LogP contribution in [0.5, 0.6) is 0 Å². The van der Waals surface area contributed by atoms with Crippen molar-refractivity contribution in [2.75, 3.05) is 0 Å². The van der Waals surface area contributed by atoms with Crippen LogP contribution in [-0.2, 0) is 6.54 Å². The van der Waals surface area contributed by atoms with Gasteiger partial charge >= 0.3 is 0 Å². The molecule has 0 saturated carbocycles. The number of fused-ring (bicyclic) bond motifs is 1. The predicted molar refractivity (Wildman–Crippen MR) is 83.9 cm³/mol. The van der Waals surface area contributed by atoms with Crippen molar-refractivity contribution in [3.63, 3.8) is 0 Å². The molecule has 0 fully saturated rings. The number of hydrogen-bond donors (Lipinski definition) is 1. The number of nitrogens with zero attached hydrogens (tertiary/aromatic N) is 1. The summed E-state index contributed by atoms with van der Waals surface area (Å²) in [4.78, 5) is 15.6. The summed E-state index contributed by atoms with van der Waals surface area (Å²) in [6.07, 6.45) is 0. The quantitative estimate of drug-likeness (QED) is 0.732. The molecule has 0 aliphatic carbocycles. The number of halogens is 1. The molecule has 0 spiro atoms. The standard InChI is InChI=1S/C15H11ClN2OS/c16-11-6-7-12-13(8-11)17-15(20)18(14(12)19)9-10-4-2-1-3-5-10/h1-8H,9H2,(H,17,20). The molecule has 0 atom stereocenters. The lowest BCUT2D eigenvalue weighted by molar-refractivity contribution is 0.734. The summed E-state index contributed by atoms with van der Waals surface area (Å²) in [5, 5.41) is 1.15. The zero-order chi connectivity index (χ0) is 14.1. The first-order valence-electron chi connectivity index (χ1n) is 6.11. The molecule has 0 aliphatic heterocycles. The SMILES string of the molecule is O=c1c2ccc(Cl)cc2[nH]c(=S)n1Cc1ccccc1. The Kier molecular flexibility index (Phi) is 3.42. The summed E-state index contributed by atoms with van der Waals surface area (Å²) in [7, 11) is 0. The molecule has 0 unspecified atom stereocenters. The highest BCUT2D eigenvalue weighted by Gasteiger charge is 2.06. The van der Waals surface area contributed by atoms with E-state index in [1.807, 2.05) is 30.3 Å². The zero-order valence-corrected chi connectivity index (χ0v) is 12.0. The monoisotopic (exact) mass is 302 g/mol. The first kappa shape index (κ1) is 13.1. The summed E-state index contributed by atoms with van der Waals surface area (Å²) >= 11 is 11.2. The molecule has 3 nitrogen and oxygen atoms in total. The largest absolute Gasteiger partial charge is 0.331 e. The summed E-state index contributed by atoms with van der Waals surface area (Å²) in [6.45, 7) is 0.452. The van der Waals surface area contributed by atoms with E-state index in [1.165, 1.54) is 0 Å².